The van der Waals surface area contributed by atoms with Crippen molar-refractivity contribution in [1.29, 1.82) is 0 Å². The Labute approximate surface area is 213 Å². The Morgan fingerprint density at radius 1 is 1.06 bits per heavy atom. The van der Waals surface area contributed by atoms with E-state index in [1.54, 1.807) is 11.0 Å². The van der Waals surface area contributed by atoms with E-state index in [4.69, 9.17) is 23.2 Å². The van der Waals surface area contributed by atoms with Gasteiger partial charge in [0.15, 0.2) is 0 Å². The van der Waals surface area contributed by atoms with Gasteiger partial charge >= 0.3 is 6.09 Å². The zero-order valence-electron chi connectivity index (χ0n) is 19.4. The van der Waals surface area contributed by atoms with Crippen molar-refractivity contribution in [3.63, 3.8) is 0 Å². The number of nitrogens with zero attached hydrogens (tertiary/aromatic N) is 5. The molecule has 3 aromatic rings. The van der Waals surface area contributed by atoms with Crippen LogP contribution < -0.4 is 4.90 Å². The van der Waals surface area contributed by atoms with Gasteiger partial charge < -0.3 is 14.9 Å². The molecule has 1 aromatic heterocycles. The van der Waals surface area contributed by atoms with Gasteiger partial charge in [-0.3, -0.25) is 14.4 Å². The topological polar surface area (TPSA) is 81.9 Å². The number of likely N-dealkylation sites (tertiary alicyclic amines) is 1. The second-order valence-electron chi connectivity index (χ2n) is 9.12. The minimum absolute atomic E-state index is 0.0771. The van der Waals surface area contributed by atoms with Gasteiger partial charge in [0.05, 0.1) is 17.8 Å². The molecular formula is C25H27Cl2N5O3. The minimum atomic E-state index is -1.02. The van der Waals surface area contributed by atoms with Gasteiger partial charge in [-0.2, -0.15) is 5.10 Å². The second-order valence-corrected chi connectivity index (χ2v) is 9.96. The van der Waals surface area contributed by atoms with E-state index in [1.165, 1.54) is 4.90 Å². The summed E-state index contributed by atoms with van der Waals surface area (Å²) in [6.07, 6.45) is 2.17. The zero-order valence-corrected chi connectivity index (χ0v) is 20.9. The number of carbonyl (C=O) groups excluding carboxylic acids is 1. The van der Waals surface area contributed by atoms with Crippen molar-refractivity contribution < 1.29 is 14.7 Å². The summed E-state index contributed by atoms with van der Waals surface area (Å²) in [7, 11) is 0. The van der Waals surface area contributed by atoms with Crippen molar-refractivity contribution in [2.45, 2.75) is 31.8 Å². The van der Waals surface area contributed by atoms with E-state index in [9.17, 15) is 14.7 Å². The molecule has 0 saturated carbocycles. The number of halogens is 2. The number of carbonyl (C=O) groups is 2. The van der Waals surface area contributed by atoms with Gasteiger partial charge in [0.25, 0.3) is 0 Å². The molecule has 2 aliphatic rings. The van der Waals surface area contributed by atoms with Crippen molar-refractivity contribution >= 4 is 51.8 Å². The van der Waals surface area contributed by atoms with Gasteiger partial charge in [-0.05, 0) is 55.7 Å². The number of fused-ring (bicyclic) bond motifs is 1. The Bertz CT molecular complexity index is 1270. The van der Waals surface area contributed by atoms with E-state index < -0.39 is 12.1 Å². The third-order valence-corrected chi connectivity index (χ3v) is 7.66. The molecule has 8 nitrogen and oxygen atoms in total. The molecule has 0 aliphatic carbocycles. The number of hydrogen-bond donors (Lipinski definition) is 1. The number of piperazine rings is 1. The molecule has 5 rings (SSSR count). The van der Waals surface area contributed by atoms with Crippen LogP contribution in [0.3, 0.4) is 0 Å². The van der Waals surface area contributed by atoms with E-state index >= 15 is 0 Å². The van der Waals surface area contributed by atoms with Crippen molar-refractivity contribution in [2.75, 3.05) is 37.6 Å². The van der Waals surface area contributed by atoms with Gasteiger partial charge in [0.2, 0.25) is 5.91 Å². The van der Waals surface area contributed by atoms with E-state index in [-0.39, 0.29) is 11.9 Å². The SMILES string of the molecule is C[C@H](c1ccc(Cl)cc1Cl)n1ncc2ccc(N3CCN(C(=O)C4CCCN4C(=O)O)CC3)cc21. The summed E-state index contributed by atoms with van der Waals surface area (Å²) < 4.78 is 1.97. The molecule has 35 heavy (non-hydrogen) atoms. The van der Waals surface area contributed by atoms with Gasteiger partial charge in [-0.15, -0.1) is 0 Å². The van der Waals surface area contributed by atoms with Crippen molar-refractivity contribution in [1.82, 2.24) is 19.6 Å². The Kier molecular flexibility index (Phi) is 6.51. The fourth-order valence-corrected chi connectivity index (χ4v) is 5.72. The first-order valence-electron chi connectivity index (χ1n) is 11.8. The average molecular weight is 516 g/mol. The van der Waals surface area contributed by atoms with Crippen molar-refractivity contribution in [3.8, 4) is 0 Å². The maximum Gasteiger partial charge on any atom is 0.407 e. The fourth-order valence-electron chi connectivity index (χ4n) is 5.15. The summed E-state index contributed by atoms with van der Waals surface area (Å²) in [6, 6.07) is 11.1. The lowest BCUT2D eigenvalue weighted by molar-refractivity contribution is -0.135. The van der Waals surface area contributed by atoms with Gasteiger partial charge in [-0.25, -0.2) is 4.79 Å². The van der Waals surface area contributed by atoms with Crippen molar-refractivity contribution in [3.05, 3.63) is 58.2 Å². The number of rotatable bonds is 4. The average Bonchev–Trinajstić information content (AvgIpc) is 3.50. The highest BCUT2D eigenvalue weighted by Crippen LogP contribution is 2.32. The minimum Gasteiger partial charge on any atom is -0.465 e. The van der Waals surface area contributed by atoms with E-state index in [0.717, 1.165) is 28.6 Å². The Hall–Kier alpha value is -2.97. The van der Waals surface area contributed by atoms with Crippen LogP contribution in [0, 0.1) is 0 Å². The molecule has 2 aliphatic heterocycles. The molecular weight excluding hydrogens is 489 g/mol. The van der Waals surface area contributed by atoms with Gasteiger partial charge in [-0.1, -0.05) is 29.3 Å². The molecule has 2 saturated heterocycles. The summed E-state index contributed by atoms with van der Waals surface area (Å²) in [5, 5.41) is 16.2. The Morgan fingerprint density at radius 3 is 2.54 bits per heavy atom. The molecule has 0 radical (unpaired) electrons. The summed E-state index contributed by atoms with van der Waals surface area (Å²) in [5.74, 6) is -0.0771. The molecule has 1 N–H and O–H groups in total. The van der Waals surface area contributed by atoms with Crippen molar-refractivity contribution in [2.24, 2.45) is 0 Å². The van der Waals surface area contributed by atoms with Crippen LogP contribution in [0.15, 0.2) is 42.6 Å². The van der Waals surface area contributed by atoms with Crippen LogP contribution in [0.4, 0.5) is 10.5 Å². The standard InChI is InChI=1S/C25H27Cl2N5O3/c1-16(20-7-5-18(26)13-21(20)27)32-23-14-19(6-4-17(23)15-28-32)29-9-11-30(12-10-29)24(33)22-3-2-8-31(22)25(34)35/h4-7,13-16,22H,2-3,8-12H2,1H3,(H,34,35)/t16-,22?/m1/s1. The number of aromatic nitrogens is 2. The Morgan fingerprint density at radius 2 is 1.83 bits per heavy atom. The number of amides is 2. The van der Waals surface area contributed by atoms with E-state index in [2.05, 4.69) is 35.1 Å². The first-order valence-corrected chi connectivity index (χ1v) is 12.5. The molecule has 2 fully saturated rings. The zero-order chi connectivity index (χ0) is 24.7. The number of carboxylic acid groups (broad SMARTS) is 1. The lowest BCUT2D eigenvalue weighted by Gasteiger charge is -2.38. The number of hydrogen-bond acceptors (Lipinski definition) is 4. The molecule has 2 amide bonds. The van der Waals surface area contributed by atoms with Crippen LogP contribution in [-0.4, -0.2) is 75.5 Å². The van der Waals surface area contributed by atoms with Crippen LogP contribution in [-0.2, 0) is 4.79 Å². The third-order valence-electron chi connectivity index (χ3n) is 7.10. The molecule has 2 aromatic carbocycles. The van der Waals surface area contributed by atoms with Crippen LogP contribution in [0.5, 0.6) is 0 Å². The molecule has 2 atom stereocenters. The predicted octanol–water partition coefficient (Wildman–Crippen LogP) is 4.74. The highest BCUT2D eigenvalue weighted by molar-refractivity contribution is 6.35. The summed E-state index contributed by atoms with van der Waals surface area (Å²) >= 11 is 12.5. The van der Waals surface area contributed by atoms with Crippen LogP contribution in [0.1, 0.15) is 31.4 Å². The first kappa shape index (κ1) is 23.8. The fraction of sp³-hybridized carbons (Fsp3) is 0.400. The molecule has 0 bridgehead atoms. The summed E-state index contributed by atoms with van der Waals surface area (Å²) in [5.41, 5.74) is 3.01. The lowest BCUT2D eigenvalue weighted by Crippen LogP contribution is -2.54. The van der Waals surface area contributed by atoms with Gasteiger partial charge in [0.1, 0.15) is 6.04 Å². The quantitative estimate of drug-likeness (QED) is 0.542. The van der Waals surface area contributed by atoms with Crippen LogP contribution >= 0.6 is 23.2 Å². The highest BCUT2D eigenvalue weighted by Gasteiger charge is 2.37. The molecule has 1 unspecified atom stereocenters. The second kappa shape index (κ2) is 9.59. The maximum atomic E-state index is 13.0. The maximum absolute atomic E-state index is 13.0. The van der Waals surface area contributed by atoms with Crippen LogP contribution in [0.2, 0.25) is 10.0 Å². The summed E-state index contributed by atoms with van der Waals surface area (Å²) in [6.45, 7) is 4.99. The molecule has 10 heteroatoms. The predicted molar refractivity (Wildman–Crippen MR) is 137 cm³/mol. The third kappa shape index (κ3) is 4.52. The van der Waals surface area contributed by atoms with Crippen LogP contribution in [0.25, 0.3) is 10.9 Å². The van der Waals surface area contributed by atoms with E-state index in [0.29, 0.717) is 49.2 Å². The normalized spacial score (nSPS) is 19.4. The first-order chi connectivity index (χ1) is 16.8. The molecule has 0 spiro atoms. The molecule has 3 heterocycles. The largest absolute Gasteiger partial charge is 0.465 e. The monoisotopic (exact) mass is 515 g/mol. The molecule has 184 valence electrons. The highest BCUT2D eigenvalue weighted by atomic mass is 35.5. The Balaban J connectivity index is 1.31. The number of anilines is 1. The van der Waals surface area contributed by atoms with E-state index in [1.807, 2.05) is 23.0 Å². The summed E-state index contributed by atoms with van der Waals surface area (Å²) in [4.78, 5) is 29.8. The van der Waals surface area contributed by atoms with Gasteiger partial charge in [0, 0.05) is 53.8 Å². The number of benzene rings is 2. The lowest BCUT2D eigenvalue weighted by atomic mass is 10.1. The smallest absolute Gasteiger partial charge is 0.407 e.